The lowest BCUT2D eigenvalue weighted by Crippen LogP contribution is -2.14. The Balaban J connectivity index is 2.48. The third kappa shape index (κ3) is 1.51. The monoisotopic (exact) mass is 196 g/mol. The third-order valence-electron chi connectivity index (χ3n) is 2.44. The summed E-state index contributed by atoms with van der Waals surface area (Å²) in [5, 5.41) is 4.18. The molecule has 0 fully saturated rings. The van der Waals surface area contributed by atoms with Crippen LogP contribution in [0.5, 0.6) is 0 Å². The highest BCUT2D eigenvalue weighted by Gasteiger charge is 2.14. The Hall–Kier alpha value is -0.760. The van der Waals surface area contributed by atoms with E-state index < -0.39 is 0 Å². The molecule has 0 radical (unpaired) electrons. The van der Waals surface area contributed by atoms with Gasteiger partial charge in [-0.3, -0.25) is 4.98 Å². The molecule has 0 spiro atoms. The van der Waals surface area contributed by atoms with Crippen molar-refractivity contribution in [1.29, 1.82) is 0 Å². The Bertz CT molecular complexity index is 323. The van der Waals surface area contributed by atoms with Crippen molar-refractivity contribution < 1.29 is 0 Å². The van der Waals surface area contributed by atoms with Crippen molar-refractivity contribution in [2.75, 3.05) is 11.9 Å². The summed E-state index contributed by atoms with van der Waals surface area (Å²) in [6.45, 7) is 3.11. The molecule has 2 heterocycles. The zero-order valence-electron chi connectivity index (χ0n) is 7.73. The molecule has 0 saturated heterocycles. The molecule has 1 aliphatic rings. The maximum atomic E-state index is 6.22. The Morgan fingerprint density at radius 1 is 1.62 bits per heavy atom. The second-order valence-electron chi connectivity index (χ2n) is 3.30. The fraction of sp³-hybridized carbons (Fsp3) is 0.500. The SMILES string of the molecule is CCc1cnc2c(c1Cl)NCCC2. The van der Waals surface area contributed by atoms with Gasteiger partial charge in [-0.05, 0) is 24.8 Å². The number of anilines is 1. The van der Waals surface area contributed by atoms with Gasteiger partial charge in [0.15, 0.2) is 0 Å². The first kappa shape index (κ1) is 8.82. The molecule has 0 atom stereocenters. The standard InChI is InChI=1S/C10H13ClN2/c1-2-7-6-13-8-4-3-5-12-10(8)9(7)11/h6,12H,2-5H2,1H3. The van der Waals surface area contributed by atoms with Crippen molar-refractivity contribution in [3.63, 3.8) is 0 Å². The van der Waals surface area contributed by atoms with E-state index in [-0.39, 0.29) is 0 Å². The molecule has 1 N–H and O–H groups in total. The van der Waals surface area contributed by atoms with E-state index in [0.29, 0.717) is 0 Å². The largest absolute Gasteiger partial charge is 0.382 e. The van der Waals surface area contributed by atoms with Crippen LogP contribution in [0.15, 0.2) is 6.20 Å². The lowest BCUT2D eigenvalue weighted by Gasteiger charge is -2.19. The number of aromatic nitrogens is 1. The van der Waals surface area contributed by atoms with E-state index in [9.17, 15) is 0 Å². The average molecular weight is 197 g/mol. The van der Waals surface area contributed by atoms with Crippen LogP contribution in [0.4, 0.5) is 5.69 Å². The number of fused-ring (bicyclic) bond motifs is 1. The molecular weight excluding hydrogens is 184 g/mol. The average Bonchev–Trinajstić information content (AvgIpc) is 2.19. The van der Waals surface area contributed by atoms with E-state index in [2.05, 4.69) is 17.2 Å². The summed E-state index contributed by atoms with van der Waals surface area (Å²) in [5.41, 5.74) is 3.32. The predicted molar refractivity (Wildman–Crippen MR) is 55.4 cm³/mol. The first-order chi connectivity index (χ1) is 6.33. The fourth-order valence-corrected chi connectivity index (χ4v) is 2.01. The summed E-state index contributed by atoms with van der Waals surface area (Å²) < 4.78 is 0. The zero-order valence-corrected chi connectivity index (χ0v) is 8.49. The van der Waals surface area contributed by atoms with Gasteiger partial charge < -0.3 is 5.32 Å². The summed E-state index contributed by atoms with van der Waals surface area (Å²) in [6.07, 6.45) is 5.04. The van der Waals surface area contributed by atoms with E-state index >= 15 is 0 Å². The van der Waals surface area contributed by atoms with Gasteiger partial charge in [-0.15, -0.1) is 0 Å². The summed E-state index contributed by atoms with van der Waals surface area (Å²) in [5.74, 6) is 0. The maximum absolute atomic E-state index is 6.22. The summed E-state index contributed by atoms with van der Waals surface area (Å²) in [6, 6.07) is 0. The Kier molecular flexibility index (Phi) is 2.40. The Morgan fingerprint density at radius 2 is 2.46 bits per heavy atom. The van der Waals surface area contributed by atoms with Crippen LogP contribution in [0.25, 0.3) is 0 Å². The molecule has 3 heteroatoms. The second-order valence-corrected chi connectivity index (χ2v) is 3.68. The van der Waals surface area contributed by atoms with Crippen LogP contribution in [0.3, 0.4) is 0 Å². The van der Waals surface area contributed by atoms with Crippen molar-refractivity contribution in [2.24, 2.45) is 0 Å². The Morgan fingerprint density at radius 3 is 3.23 bits per heavy atom. The third-order valence-corrected chi connectivity index (χ3v) is 2.87. The summed E-state index contributed by atoms with van der Waals surface area (Å²) in [7, 11) is 0. The van der Waals surface area contributed by atoms with Crippen LogP contribution in [-0.2, 0) is 12.8 Å². The van der Waals surface area contributed by atoms with Crippen molar-refractivity contribution in [2.45, 2.75) is 26.2 Å². The van der Waals surface area contributed by atoms with Crippen LogP contribution < -0.4 is 5.32 Å². The molecule has 70 valence electrons. The van der Waals surface area contributed by atoms with E-state index in [0.717, 1.165) is 47.8 Å². The van der Waals surface area contributed by atoms with Gasteiger partial charge in [0.2, 0.25) is 0 Å². The fourth-order valence-electron chi connectivity index (χ4n) is 1.65. The molecule has 0 bridgehead atoms. The van der Waals surface area contributed by atoms with E-state index in [4.69, 9.17) is 11.6 Å². The number of pyridine rings is 1. The molecule has 1 aromatic heterocycles. The number of nitrogens with zero attached hydrogens (tertiary/aromatic N) is 1. The first-order valence-corrected chi connectivity index (χ1v) is 5.11. The van der Waals surface area contributed by atoms with Gasteiger partial charge >= 0.3 is 0 Å². The van der Waals surface area contributed by atoms with Crippen LogP contribution in [-0.4, -0.2) is 11.5 Å². The van der Waals surface area contributed by atoms with Gasteiger partial charge in [-0.1, -0.05) is 18.5 Å². The normalized spacial score (nSPS) is 14.9. The quantitative estimate of drug-likeness (QED) is 0.747. The summed E-state index contributed by atoms with van der Waals surface area (Å²) in [4.78, 5) is 4.40. The second kappa shape index (κ2) is 3.54. The molecular formula is C10H13ClN2. The molecule has 1 aromatic rings. The van der Waals surface area contributed by atoms with Gasteiger partial charge in [-0.2, -0.15) is 0 Å². The maximum Gasteiger partial charge on any atom is 0.0751 e. The van der Waals surface area contributed by atoms with Crippen LogP contribution >= 0.6 is 11.6 Å². The van der Waals surface area contributed by atoms with Gasteiger partial charge in [0.05, 0.1) is 16.4 Å². The van der Waals surface area contributed by atoms with Gasteiger partial charge in [0, 0.05) is 12.7 Å². The number of halogens is 1. The number of hydrogen-bond acceptors (Lipinski definition) is 2. The number of hydrogen-bond donors (Lipinski definition) is 1. The van der Waals surface area contributed by atoms with Crippen LogP contribution in [0, 0.1) is 0 Å². The molecule has 0 unspecified atom stereocenters. The number of aryl methyl sites for hydroxylation is 2. The topological polar surface area (TPSA) is 24.9 Å². The molecule has 2 rings (SSSR count). The predicted octanol–water partition coefficient (Wildman–Crippen LogP) is 2.66. The van der Waals surface area contributed by atoms with Crippen molar-refractivity contribution >= 4 is 17.3 Å². The minimum atomic E-state index is 0.868. The molecule has 2 nitrogen and oxygen atoms in total. The molecule has 0 saturated carbocycles. The lowest BCUT2D eigenvalue weighted by atomic mass is 10.1. The van der Waals surface area contributed by atoms with Crippen molar-refractivity contribution in [3.05, 3.63) is 22.5 Å². The zero-order chi connectivity index (χ0) is 9.26. The van der Waals surface area contributed by atoms with Gasteiger partial charge in [0.1, 0.15) is 0 Å². The first-order valence-electron chi connectivity index (χ1n) is 4.73. The minimum absolute atomic E-state index is 0.868. The molecule has 13 heavy (non-hydrogen) atoms. The van der Waals surface area contributed by atoms with E-state index in [1.807, 2.05) is 6.20 Å². The van der Waals surface area contributed by atoms with Gasteiger partial charge in [-0.25, -0.2) is 0 Å². The van der Waals surface area contributed by atoms with E-state index in [1.54, 1.807) is 0 Å². The summed E-state index contributed by atoms with van der Waals surface area (Å²) >= 11 is 6.22. The molecule has 1 aliphatic heterocycles. The van der Waals surface area contributed by atoms with Crippen molar-refractivity contribution in [3.8, 4) is 0 Å². The highest BCUT2D eigenvalue weighted by atomic mass is 35.5. The number of nitrogens with one attached hydrogen (secondary N) is 1. The molecule has 0 aromatic carbocycles. The highest BCUT2D eigenvalue weighted by Crippen LogP contribution is 2.31. The smallest absolute Gasteiger partial charge is 0.0751 e. The minimum Gasteiger partial charge on any atom is -0.382 e. The van der Waals surface area contributed by atoms with Crippen LogP contribution in [0.1, 0.15) is 24.6 Å². The lowest BCUT2D eigenvalue weighted by molar-refractivity contribution is 0.798. The van der Waals surface area contributed by atoms with E-state index in [1.165, 1.54) is 0 Å². The highest BCUT2D eigenvalue weighted by molar-refractivity contribution is 6.34. The molecule has 0 aliphatic carbocycles. The Labute approximate surface area is 83.3 Å². The van der Waals surface area contributed by atoms with Crippen molar-refractivity contribution in [1.82, 2.24) is 4.98 Å². The van der Waals surface area contributed by atoms with Crippen LogP contribution in [0.2, 0.25) is 5.02 Å². The number of rotatable bonds is 1. The molecule has 0 amide bonds. The van der Waals surface area contributed by atoms with Gasteiger partial charge in [0.25, 0.3) is 0 Å².